The largest absolute Gasteiger partial charge is 0.327 e. The molecule has 6 nitrogen and oxygen atoms in total. The summed E-state index contributed by atoms with van der Waals surface area (Å²) >= 11 is 7.08. The standard InChI is InChI=1S/C18H12ClF3N4O2S/c1-25-9-23-6-12(25)3-2-10-4-14(29-16(10)19)17(27)24-11-5-13(20)18(28)26(7-11)8-15(21)22/h4-7,9,15H,8H2,1H3,(H,24,27). The van der Waals surface area contributed by atoms with Gasteiger partial charge in [0, 0.05) is 19.3 Å². The molecule has 0 radical (unpaired) electrons. The molecule has 1 amide bonds. The van der Waals surface area contributed by atoms with E-state index in [0.717, 1.165) is 23.6 Å². The highest BCUT2D eigenvalue weighted by molar-refractivity contribution is 7.18. The van der Waals surface area contributed by atoms with Crippen LogP contribution in [-0.2, 0) is 13.6 Å². The maximum Gasteiger partial charge on any atom is 0.286 e. The normalized spacial score (nSPS) is 10.7. The van der Waals surface area contributed by atoms with Crippen LogP contribution in [0.2, 0.25) is 4.34 Å². The molecule has 0 bridgehead atoms. The Morgan fingerprint density at radius 3 is 2.79 bits per heavy atom. The van der Waals surface area contributed by atoms with E-state index in [4.69, 9.17) is 11.6 Å². The van der Waals surface area contributed by atoms with Gasteiger partial charge < -0.3 is 14.5 Å². The number of carbonyl (C=O) groups excluding carboxylic acids is 1. The quantitative estimate of drug-likeness (QED) is 0.633. The van der Waals surface area contributed by atoms with E-state index in [1.165, 1.54) is 6.07 Å². The van der Waals surface area contributed by atoms with Gasteiger partial charge in [0.25, 0.3) is 17.9 Å². The molecule has 0 spiro atoms. The van der Waals surface area contributed by atoms with Crippen LogP contribution in [0.5, 0.6) is 0 Å². The van der Waals surface area contributed by atoms with Crippen molar-refractivity contribution >= 4 is 34.5 Å². The van der Waals surface area contributed by atoms with Crippen molar-refractivity contribution in [3.05, 3.63) is 67.5 Å². The van der Waals surface area contributed by atoms with Crippen LogP contribution in [0.25, 0.3) is 0 Å². The number of halogens is 4. The maximum absolute atomic E-state index is 13.7. The second kappa shape index (κ2) is 8.55. The fourth-order valence-electron chi connectivity index (χ4n) is 2.32. The molecule has 0 atom stereocenters. The summed E-state index contributed by atoms with van der Waals surface area (Å²) in [6.07, 6.45) is 1.26. The third-order valence-electron chi connectivity index (χ3n) is 3.69. The number of alkyl halides is 2. The molecule has 1 N–H and O–H groups in total. The van der Waals surface area contributed by atoms with Gasteiger partial charge in [-0.3, -0.25) is 9.59 Å². The smallest absolute Gasteiger partial charge is 0.286 e. The number of hydrogen-bond donors (Lipinski definition) is 1. The average molecular weight is 441 g/mol. The molecule has 0 aliphatic heterocycles. The second-order valence-corrected chi connectivity index (χ2v) is 7.47. The predicted octanol–water partition coefficient (Wildman–Crippen LogP) is 3.35. The van der Waals surface area contributed by atoms with Crippen LogP contribution in [0.4, 0.5) is 18.9 Å². The number of pyridine rings is 1. The number of aromatic nitrogens is 3. The van der Waals surface area contributed by atoms with Crippen LogP contribution in [0.1, 0.15) is 20.9 Å². The Morgan fingerprint density at radius 2 is 2.14 bits per heavy atom. The summed E-state index contributed by atoms with van der Waals surface area (Å²) in [5.41, 5.74) is -0.276. The van der Waals surface area contributed by atoms with Crippen LogP contribution in [-0.4, -0.2) is 26.5 Å². The Morgan fingerprint density at radius 1 is 1.38 bits per heavy atom. The van der Waals surface area contributed by atoms with E-state index < -0.39 is 30.3 Å². The first-order chi connectivity index (χ1) is 13.7. The molecular weight excluding hydrogens is 429 g/mol. The van der Waals surface area contributed by atoms with Gasteiger partial charge in [-0.15, -0.1) is 11.3 Å². The molecule has 11 heteroatoms. The molecule has 0 saturated carbocycles. The minimum absolute atomic E-state index is 0.139. The van der Waals surface area contributed by atoms with Crippen molar-refractivity contribution in [2.45, 2.75) is 13.0 Å². The minimum atomic E-state index is -2.85. The maximum atomic E-state index is 13.7. The molecule has 0 saturated heterocycles. The van der Waals surface area contributed by atoms with Gasteiger partial charge in [-0.1, -0.05) is 17.5 Å². The van der Waals surface area contributed by atoms with Crippen molar-refractivity contribution in [3.8, 4) is 11.8 Å². The number of amides is 1. The number of hydrogen-bond acceptors (Lipinski definition) is 4. The Hall–Kier alpha value is -3.03. The van der Waals surface area contributed by atoms with Crippen LogP contribution >= 0.6 is 22.9 Å². The van der Waals surface area contributed by atoms with Crippen molar-refractivity contribution < 1.29 is 18.0 Å². The third-order valence-corrected chi connectivity index (χ3v) is 5.04. The zero-order valence-electron chi connectivity index (χ0n) is 14.7. The van der Waals surface area contributed by atoms with Gasteiger partial charge in [0.2, 0.25) is 0 Å². The van der Waals surface area contributed by atoms with Gasteiger partial charge >= 0.3 is 0 Å². The summed E-state index contributed by atoms with van der Waals surface area (Å²) in [6, 6.07) is 2.22. The number of nitrogens with zero attached hydrogens (tertiary/aromatic N) is 3. The number of anilines is 1. The number of aryl methyl sites for hydroxylation is 1. The van der Waals surface area contributed by atoms with Crippen molar-refractivity contribution in [1.29, 1.82) is 0 Å². The molecule has 3 heterocycles. The highest BCUT2D eigenvalue weighted by Crippen LogP contribution is 2.27. The van der Waals surface area contributed by atoms with E-state index in [1.54, 1.807) is 24.1 Å². The van der Waals surface area contributed by atoms with Gasteiger partial charge in [0.05, 0.1) is 35.2 Å². The molecule has 0 fully saturated rings. The van der Waals surface area contributed by atoms with Crippen LogP contribution in [0, 0.1) is 17.7 Å². The molecule has 3 rings (SSSR count). The van der Waals surface area contributed by atoms with Crippen molar-refractivity contribution in [1.82, 2.24) is 14.1 Å². The van der Waals surface area contributed by atoms with E-state index in [9.17, 15) is 22.8 Å². The minimum Gasteiger partial charge on any atom is -0.327 e. The number of thiophene rings is 1. The Labute approximate surface area is 171 Å². The predicted molar refractivity (Wildman–Crippen MR) is 103 cm³/mol. The van der Waals surface area contributed by atoms with Crippen molar-refractivity contribution in [2.24, 2.45) is 7.05 Å². The number of imidazole rings is 1. The molecule has 3 aromatic rings. The van der Waals surface area contributed by atoms with Gasteiger partial charge in [-0.05, 0) is 12.0 Å². The highest BCUT2D eigenvalue weighted by atomic mass is 35.5. The van der Waals surface area contributed by atoms with E-state index in [2.05, 4.69) is 22.1 Å². The van der Waals surface area contributed by atoms with E-state index >= 15 is 0 Å². The molecule has 0 aromatic carbocycles. The number of rotatable bonds is 4. The molecule has 0 aliphatic rings. The third kappa shape index (κ3) is 4.88. The lowest BCUT2D eigenvalue weighted by atomic mass is 10.3. The molecular formula is C18H12ClF3N4O2S. The lowest BCUT2D eigenvalue weighted by molar-refractivity contribution is 0.103. The van der Waals surface area contributed by atoms with Crippen molar-refractivity contribution in [2.75, 3.05) is 5.32 Å². The Balaban J connectivity index is 1.82. The van der Waals surface area contributed by atoms with Crippen LogP contribution in [0.15, 0.2) is 35.6 Å². The zero-order chi connectivity index (χ0) is 21.1. The van der Waals surface area contributed by atoms with Gasteiger partial charge in [0.1, 0.15) is 10.0 Å². The summed E-state index contributed by atoms with van der Waals surface area (Å²) in [7, 11) is 1.78. The topological polar surface area (TPSA) is 68.9 Å². The summed E-state index contributed by atoms with van der Waals surface area (Å²) in [5.74, 6) is 3.81. The Kier molecular flexibility index (Phi) is 6.10. The van der Waals surface area contributed by atoms with E-state index in [-0.39, 0.29) is 14.9 Å². The molecule has 150 valence electrons. The SMILES string of the molecule is Cn1cncc1C#Cc1cc(C(=O)Nc2cc(F)c(=O)n(CC(F)F)c2)sc1Cl. The average Bonchev–Trinajstić information content (AvgIpc) is 3.22. The van der Waals surface area contributed by atoms with Crippen LogP contribution < -0.4 is 10.9 Å². The molecule has 0 aliphatic carbocycles. The lowest BCUT2D eigenvalue weighted by Gasteiger charge is -2.09. The second-order valence-electron chi connectivity index (χ2n) is 5.82. The first-order valence-corrected chi connectivity index (χ1v) is 9.21. The van der Waals surface area contributed by atoms with Crippen molar-refractivity contribution in [3.63, 3.8) is 0 Å². The monoisotopic (exact) mass is 440 g/mol. The zero-order valence-corrected chi connectivity index (χ0v) is 16.3. The molecule has 29 heavy (non-hydrogen) atoms. The Bertz CT molecular complexity index is 1190. The summed E-state index contributed by atoms with van der Waals surface area (Å²) in [6.45, 7) is -0.988. The van der Waals surface area contributed by atoms with Gasteiger partial charge in [0.15, 0.2) is 5.82 Å². The first-order valence-electron chi connectivity index (χ1n) is 8.01. The first kappa shape index (κ1) is 20.7. The fraction of sp³-hybridized carbons (Fsp3) is 0.167. The van der Waals surface area contributed by atoms with E-state index in [1.807, 2.05) is 0 Å². The highest BCUT2D eigenvalue weighted by Gasteiger charge is 2.16. The number of carbonyl (C=O) groups is 1. The van der Waals surface area contributed by atoms with Crippen LogP contribution in [0.3, 0.4) is 0 Å². The molecule has 0 unspecified atom stereocenters. The number of nitrogens with one attached hydrogen (secondary N) is 1. The van der Waals surface area contributed by atoms with Gasteiger partial charge in [-0.25, -0.2) is 18.2 Å². The summed E-state index contributed by atoms with van der Waals surface area (Å²) in [5, 5.41) is 2.37. The van der Waals surface area contributed by atoms with E-state index in [0.29, 0.717) is 15.8 Å². The van der Waals surface area contributed by atoms with Gasteiger partial charge in [-0.2, -0.15) is 0 Å². The summed E-state index contributed by atoms with van der Waals surface area (Å²) < 4.78 is 41.3. The fourth-order valence-corrected chi connectivity index (χ4v) is 3.40. The lowest BCUT2D eigenvalue weighted by Crippen LogP contribution is -2.26. The summed E-state index contributed by atoms with van der Waals surface area (Å²) in [4.78, 5) is 28.1. The molecule has 3 aromatic heterocycles.